The van der Waals surface area contributed by atoms with Crippen molar-refractivity contribution in [2.75, 3.05) is 0 Å². The third kappa shape index (κ3) is 1.69. The van der Waals surface area contributed by atoms with Crippen molar-refractivity contribution in [1.82, 2.24) is 4.98 Å². The van der Waals surface area contributed by atoms with Gasteiger partial charge in [0.1, 0.15) is 6.07 Å². The van der Waals surface area contributed by atoms with Gasteiger partial charge in [-0.1, -0.05) is 20.8 Å². The summed E-state index contributed by atoms with van der Waals surface area (Å²) >= 11 is 0. The average molecular weight is 212 g/mol. The second kappa shape index (κ2) is 3.38. The van der Waals surface area contributed by atoms with Crippen molar-refractivity contribution < 1.29 is 0 Å². The van der Waals surface area contributed by atoms with Crippen molar-refractivity contribution in [3.8, 4) is 6.07 Å². The van der Waals surface area contributed by atoms with Gasteiger partial charge in [0.05, 0.1) is 11.1 Å². The number of hydrogen-bond donors (Lipinski definition) is 1. The highest BCUT2D eigenvalue weighted by molar-refractivity contribution is 5.86. The van der Waals surface area contributed by atoms with Gasteiger partial charge in [-0.05, 0) is 30.7 Å². The molecule has 2 rings (SSSR count). The second-order valence-corrected chi connectivity index (χ2v) is 5.32. The zero-order chi connectivity index (χ0) is 11.9. The lowest BCUT2D eigenvalue weighted by molar-refractivity contribution is 0.574. The molecule has 2 aromatic rings. The lowest BCUT2D eigenvalue weighted by atomic mass is 9.92. The van der Waals surface area contributed by atoms with Crippen LogP contribution < -0.4 is 0 Å². The maximum atomic E-state index is 9.10. The lowest BCUT2D eigenvalue weighted by Crippen LogP contribution is -2.11. The number of nitrogens with one attached hydrogen (secondary N) is 1. The minimum absolute atomic E-state index is 0.0830. The highest BCUT2D eigenvalue weighted by Gasteiger charge is 2.17. The van der Waals surface area contributed by atoms with E-state index in [9.17, 15) is 0 Å². The molecule has 0 aliphatic carbocycles. The van der Waals surface area contributed by atoms with Crippen molar-refractivity contribution in [3.05, 3.63) is 35.0 Å². The fourth-order valence-electron chi connectivity index (χ4n) is 1.89. The minimum Gasteiger partial charge on any atom is -0.357 e. The predicted molar refractivity (Wildman–Crippen MR) is 66.5 cm³/mol. The van der Waals surface area contributed by atoms with E-state index >= 15 is 0 Å². The first-order valence-corrected chi connectivity index (χ1v) is 5.46. The summed E-state index contributed by atoms with van der Waals surface area (Å²) in [5.41, 5.74) is 4.07. The molecule has 16 heavy (non-hydrogen) atoms. The molecular weight excluding hydrogens is 196 g/mol. The Kier molecular flexibility index (Phi) is 2.27. The standard InChI is InChI=1S/C14H16N2/c1-9-5-10-7-12(14(2,3)4)16-13(10)11(6-9)8-15/h5-7,16H,1-4H3. The highest BCUT2D eigenvalue weighted by Crippen LogP contribution is 2.28. The molecule has 0 aliphatic rings. The summed E-state index contributed by atoms with van der Waals surface area (Å²) in [7, 11) is 0. The van der Waals surface area contributed by atoms with E-state index in [0.29, 0.717) is 0 Å². The Balaban J connectivity index is 2.76. The van der Waals surface area contributed by atoms with Crippen LogP contribution >= 0.6 is 0 Å². The Labute approximate surface area is 95.9 Å². The largest absolute Gasteiger partial charge is 0.357 e. The Hall–Kier alpha value is -1.75. The van der Waals surface area contributed by atoms with Gasteiger partial charge in [0, 0.05) is 16.5 Å². The van der Waals surface area contributed by atoms with E-state index < -0.39 is 0 Å². The molecule has 1 N–H and O–H groups in total. The quantitative estimate of drug-likeness (QED) is 0.711. The number of aryl methyl sites for hydroxylation is 1. The van der Waals surface area contributed by atoms with Gasteiger partial charge in [0.2, 0.25) is 0 Å². The molecule has 0 atom stereocenters. The van der Waals surface area contributed by atoms with Crippen LogP contribution in [0.25, 0.3) is 10.9 Å². The molecule has 0 unspecified atom stereocenters. The third-order valence-electron chi connectivity index (χ3n) is 2.80. The van der Waals surface area contributed by atoms with Crippen molar-refractivity contribution in [2.45, 2.75) is 33.1 Å². The molecule has 0 amide bonds. The van der Waals surface area contributed by atoms with Crippen LogP contribution in [0.3, 0.4) is 0 Å². The van der Waals surface area contributed by atoms with E-state index in [0.717, 1.165) is 22.0 Å². The van der Waals surface area contributed by atoms with Gasteiger partial charge in [-0.3, -0.25) is 0 Å². The van der Waals surface area contributed by atoms with Crippen LogP contribution in [0.4, 0.5) is 0 Å². The number of fused-ring (bicyclic) bond motifs is 1. The number of rotatable bonds is 0. The molecule has 1 heterocycles. The fraction of sp³-hybridized carbons (Fsp3) is 0.357. The minimum atomic E-state index is 0.0830. The molecule has 2 heteroatoms. The first-order valence-electron chi connectivity index (χ1n) is 5.46. The number of nitriles is 1. The van der Waals surface area contributed by atoms with E-state index in [1.807, 2.05) is 13.0 Å². The predicted octanol–water partition coefficient (Wildman–Crippen LogP) is 3.65. The summed E-state index contributed by atoms with van der Waals surface area (Å²) in [6.45, 7) is 8.51. The van der Waals surface area contributed by atoms with Crippen molar-refractivity contribution >= 4 is 10.9 Å². The molecule has 82 valence electrons. The van der Waals surface area contributed by atoms with E-state index in [2.05, 4.69) is 44.0 Å². The summed E-state index contributed by atoms with van der Waals surface area (Å²) in [4.78, 5) is 3.36. The molecule has 0 spiro atoms. The van der Waals surface area contributed by atoms with E-state index in [1.165, 1.54) is 5.69 Å². The zero-order valence-electron chi connectivity index (χ0n) is 10.2. The average Bonchev–Trinajstić information content (AvgIpc) is 2.59. The fourth-order valence-corrected chi connectivity index (χ4v) is 1.89. The van der Waals surface area contributed by atoms with Crippen molar-refractivity contribution in [2.24, 2.45) is 0 Å². The van der Waals surface area contributed by atoms with Gasteiger partial charge in [-0.15, -0.1) is 0 Å². The summed E-state index contributed by atoms with van der Waals surface area (Å²) < 4.78 is 0. The highest BCUT2D eigenvalue weighted by atomic mass is 14.7. The normalized spacial score (nSPS) is 11.7. The SMILES string of the molecule is Cc1cc(C#N)c2[nH]c(C(C)(C)C)cc2c1. The first kappa shape index (κ1) is 10.8. The van der Waals surface area contributed by atoms with Crippen molar-refractivity contribution in [1.29, 1.82) is 5.26 Å². The van der Waals surface area contributed by atoms with Crippen LogP contribution in [-0.4, -0.2) is 4.98 Å². The molecule has 1 aromatic carbocycles. The molecule has 1 aromatic heterocycles. The summed E-state index contributed by atoms with van der Waals surface area (Å²) in [6.07, 6.45) is 0. The van der Waals surface area contributed by atoms with Gasteiger partial charge in [-0.25, -0.2) is 0 Å². The summed E-state index contributed by atoms with van der Waals surface area (Å²) in [5, 5.41) is 10.2. The van der Waals surface area contributed by atoms with Crippen LogP contribution in [0.1, 0.15) is 37.6 Å². The molecule has 0 bridgehead atoms. The summed E-state index contributed by atoms with van der Waals surface area (Å²) in [5.74, 6) is 0. The van der Waals surface area contributed by atoms with E-state index in [4.69, 9.17) is 5.26 Å². The molecular formula is C14H16N2. The monoisotopic (exact) mass is 212 g/mol. The molecule has 0 saturated heterocycles. The van der Waals surface area contributed by atoms with E-state index in [1.54, 1.807) is 0 Å². The number of aromatic amines is 1. The van der Waals surface area contributed by atoms with Gasteiger partial charge in [-0.2, -0.15) is 5.26 Å². The molecule has 0 aliphatic heterocycles. The number of aromatic nitrogens is 1. The van der Waals surface area contributed by atoms with Crippen LogP contribution in [-0.2, 0) is 5.41 Å². The maximum Gasteiger partial charge on any atom is 0.101 e. The van der Waals surface area contributed by atoms with Crippen molar-refractivity contribution in [3.63, 3.8) is 0 Å². The topological polar surface area (TPSA) is 39.6 Å². The second-order valence-electron chi connectivity index (χ2n) is 5.32. The number of H-pyrrole nitrogens is 1. The van der Waals surface area contributed by atoms with Crippen LogP contribution in [0.15, 0.2) is 18.2 Å². The smallest absolute Gasteiger partial charge is 0.101 e. The van der Waals surface area contributed by atoms with Gasteiger partial charge < -0.3 is 4.98 Å². The van der Waals surface area contributed by atoms with Crippen LogP contribution in [0, 0.1) is 18.3 Å². The Bertz CT molecular complexity index is 577. The van der Waals surface area contributed by atoms with Crippen LogP contribution in [0.5, 0.6) is 0 Å². The molecule has 0 radical (unpaired) electrons. The Morgan fingerprint density at radius 1 is 1.19 bits per heavy atom. The molecule has 2 nitrogen and oxygen atoms in total. The summed E-state index contributed by atoms with van der Waals surface area (Å²) in [6, 6.07) is 8.42. The Morgan fingerprint density at radius 2 is 1.88 bits per heavy atom. The lowest BCUT2D eigenvalue weighted by Gasteiger charge is -2.15. The third-order valence-corrected chi connectivity index (χ3v) is 2.80. The first-order chi connectivity index (χ1) is 7.41. The van der Waals surface area contributed by atoms with E-state index in [-0.39, 0.29) is 5.41 Å². The Morgan fingerprint density at radius 3 is 2.44 bits per heavy atom. The maximum absolute atomic E-state index is 9.10. The molecule has 0 saturated carbocycles. The number of benzene rings is 1. The zero-order valence-corrected chi connectivity index (χ0v) is 10.2. The number of nitrogens with zero attached hydrogens (tertiary/aromatic N) is 1. The van der Waals surface area contributed by atoms with Crippen LogP contribution in [0.2, 0.25) is 0 Å². The van der Waals surface area contributed by atoms with Gasteiger partial charge in [0.15, 0.2) is 0 Å². The van der Waals surface area contributed by atoms with Gasteiger partial charge >= 0.3 is 0 Å². The van der Waals surface area contributed by atoms with Gasteiger partial charge in [0.25, 0.3) is 0 Å². The molecule has 0 fully saturated rings. The number of hydrogen-bond acceptors (Lipinski definition) is 1.